The minimum absolute atomic E-state index is 0.566. The average molecular weight is 362 g/mol. The molecule has 0 saturated heterocycles. The topological polar surface area (TPSA) is 78.5 Å². The number of para-hydroxylation sites is 1. The summed E-state index contributed by atoms with van der Waals surface area (Å²) in [6.07, 6.45) is 13.3. The van der Waals surface area contributed by atoms with Crippen LogP contribution in [0.5, 0.6) is 0 Å². The number of nitrogens with zero attached hydrogens (tertiary/aromatic N) is 3. The van der Waals surface area contributed by atoms with Crippen LogP contribution in [-0.4, -0.2) is 33.3 Å². The third-order valence-electron chi connectivity index (χ3n) is 5.05. The summed E-state index contributed by atoms with van der Waals surface area (Å²) in [5.41, 5.74) is 4.03. The van der Waals surface area contributed by atoms with Gasteiger partial charge in [0.15, 0.2) is 5.82 Å². The first-order valence-corrected chi connectivity index (χ1v) is 9.79. The summed E-state index contributed by atoms with van der Waals surface area (Å²) in [7, 11) is 0. The van der Waals surface area contributed by atoms with Crippen molar-refractivity contribution in [1.29, 1.82) is 0 Å². The zero-order valence-corrected chi connectivity index (χ0v) is 15.5. The van der Waals surface area contributed by atoms with Crippen LogP contribution in [0.4, 0.5) is 11.8 Å². The van der Waals surface area contributed by atoms with Gasteiger partial charge in [-0.2, -0.15) is 10.1 Å². The van der Waals surface area contributed by atoms with Crippen LogP contribution >= 0.6 is 0 Å². The minimum Gasteiger partial charge on any atom is -0.368 e. The maximum absolute atomic E-state index is 4.51. The molecule has 1 aliphatic rings. The van der Waals surface area contributed by atoms with Crippen LogP contribution in [0.15, 0.2) is 48.3 Å². The summed E-state index contributed by atoms with van der Waals surface area (Å²) >= 11 is 0. The predicted octanol–water partition coefficient (Wildman–Crippen LogP) is 4.31. The molecule has 0 saturated carbocycles. The summed E-state index contributed by atoms with van der Waals surface area (Å²) in [5, 5.41) is 16.1. The molecule has 3 aromatic rings. The highest BCUT2D eigenvalue weighted by Crippen LogP contribution is 2.20. The monoisotopic (exact) mass is 362 g/mol. The van der Waals surface area contributed by atoms with E-state index in [4.69, 9.17) is 0 Å². The number of hydrogen-bond donors (Lipinski definition) is 3. The Hall–Kier alpha value is -2.89. The summed E-state index contributed by atoms with van der Waals surface area (Å²) < 4.78 is 0. The largest absolute Gasteiger partial charge is 0.368 e. The fraction of sp³-hybridized carbons (Fsp3) is 0.381. The third kappa shape index (κ3) is 4.64. The lowest BCUT2D eigenvalue weighted by Crippen LogP contribution is -2.11. The van der Waals surface area contributed by atoms with Crippen molar-refractivity contribution in [3.8, 4) is 0 Å². The van der Waals surface area contributed by atoms with E-state index in [9.17, 15) is 0 Å². The lowest BCUT2D eigenvalue weighted by Gasteiger charge is -2.13. The summed E-state index contributed by atoms with van der Waals surface area (Å²) in [4.78, 5) is 7.82. The van der Waals surface area contributed by atoms with Gasteiger partial charge in [-0.1, -0.05) is 29.8 Å². The van der Waals surface area contributed by atoms with Crippen molar-refractivity contribution in [2.75, 3.05) is 23.7 Å². The van der Waals surface area contributed by atoms with Crippen molar-refractivity contribution in [3.05, 3.63) is 53.9 Å². The van der Waals surface area contributed by atoms with Gasteiger partial charge >= 0.3 is 0 Å². The number of H-pyrrole nitrogens is 1. The first kappa shape index (κ1) is 17.5. The van der Waals surface area contributed by atoms with Gasteiger partial charge in [0.1, 0.15) is 0 Å². The second-order valence-corrected chi connectivity index (χ2v) is 6.99. The zero-order valence-electron chi connectivity index (χ0n) is 15.5. The molecule has 27 heavy (non-hydrogen) atoms. The standard InChI is InChI=1S/C21H26N6/c1-2-6-16(7-3-1)10-12-22-20-15-25-27-21(26-20)23-13-11-17-14-24-19-9-5-4-8-18(17)19/h4-6,8-9,14-15,24H,1-3,7,10-13H2,(H2,22,23,26,27). The van der Waals surface area contributed by atoms with Gasteiger partial charge in [-0.15, -0.1) is 5.10 Å². The number of benzene rings is 1. The van der Waals surface area contributed by atoms with E-state index < -0.39 is 0 Å². The molecule has 0 atom stereocenters. The van der Waals surface area contributed by atoms with Gasteiger partial charge in [0.25, 0.3) is 0 Å². The Bertz CT molecular complexity index is 914. The van der Waals surface area contributed by atoms with E-state index in [-0.39, 0.29) is 0 Å². The molecule has 6 heteroatoms. The van der Waals surface area contributed by atoms with Crippen molar-refractivity contribution in [2.24, 2.45) is 0 Å². The molecule has 1 aromatic carbocycles. The minimum atomic E-state index is 0.566. The maximum atomic E-state index is 4.51. The normalized spacial score (nSPS) is 14.1. The molecule has 6 nitrogen and oxygen atoms in total. The Labute approximate surface area is 159 Å². The zero-order chi connectivity index (χ0) is 18.3. The molecule has 2 aromatic heterocycles. The Morgan fingerprint density at radius 1 is 1.04 bits per heavy atom. The van der Waals surface area contributed by atoms with Crippen LogP contribution in [0, 0.1) is 0 Å². The molecule has 140 valence electrons. The fourth-order valence-corrected chi connectivity index (χ4v) is 3.59. The van der Waals surface area contributed by atoms with Gasteiger partial charge in [-0.3, -0.25) is 0 Å². The van der Waals surface area contributed by atoms with Crippen molar-refractivity contribution < 1.29 is 0 Å². The van der Waals surface area contributed by atoms with Crippen molar-refractivity contribution in [1.82, 2.24) is 20.2 Å². The first-order chi connectivity index (χ1) is 13.4. The summed E-state index contributed by atoms with van der Waals surface area (Å²) in [6.45, 7) is 1.65. The van der Waals surface area contributed by atoms with Crippen molar-refractivity contribution >= 4 is 22.7 Å². The fourth-order valence-electron chi connectivity index (χ4n) is 3.59. The van der Waals surface area contributed by atoms with Crippen LogP contribution < -0.4 is 10.6 Å². The van der Waals surface area contributed by atoms with Crippen LogP contribution in [0.2, 0.25) is 0 Å². The molecule has 0 amide bonds. The summed E-state index contributed by atoms with van der Waals surface area (Å²) in [5.74, 6) is 1.34. The summed E-state index contributed by atoms with van der Waals surface area (Å²) in [6, 6.07) is 8.35. The number of anilines is 2. The molecule has 4 rings (SSSR count). The van der Waals surface area contributed by atoms with Gasteiger partial charge in [-0.05, 0) is 50.2 Å². The molecule has 0 spiro atoms. The SMILES string of the molecule is C1=C(CCNc2cnnc(NCCc3c[nH]c4ccccc34)n2)CCCC1. The Morgan fingerprint density at radius 2 is 1.96 bits per heavy atom. The molecule has 2 heterocycles. The lowest BCUT2D eigenvalue weighted by atomic mass is 9.97. The molecule has 3 N–H and O–H groups in total. The van der Waals surface area contributed by atoms with E-state index in [1.165, 1.54) is 42.1 Å². The number of nitrogens with one attached hydrogen (secondary N) is 3. The van der Waals surface area contributed by atoms with E-state index >= 15 is 0 Å². The highest BCUT2D eigenvalue weighted by Gasteiger charge is 2.06. The van der Waals surface area contributed by atoms with Crippen LogP contribution in [-0.2, 0) is 6.42 Å². The number of aromatic amines is 1. The Balaban J connectivity index is 1.27. The number of allylic oxidation sites excluding steroid dienone is 1. The maximum Gasteiger partial charge on any atom is 0.244 e. The van der Waals surface area contributed by atoms with E-state index in [0.29, 0.717) is 5.95 Å². The van der Waals surface area contributed by atoms with Crippen LogP contribution in [0.25, 0.3) is 10.9 Å². The molecule has 1 aliphatic carbocycles. The van der Waals surface area contributed by atoms with E-state index in [0.717, 1.165) is 31.7 Å². The smallest absolute Gasteiger partial charge is 0.244 e. The predicted molar refractivity (Wildman–Crippen MR) is 110 cm³/mol. The van der Waals surface area contributed by atoms with Gasteiger partial charge < -0.3 is 15.6 Å². The third-order valence-corrected chi connectivity index (χ3v) is 5.05. The van der Waals surface area contributed by atoms with E-state index in [1.54, 1.807) is 11.8 Å². The molecule has 0 fully saturated rings. The van der Waals surface area contributed by atoms with Crippen LogP contribution in [0.3, 0.4) is 0 Å². The molecular formula is C21H26N6. The molecule has 0 radical (unpaired) electrons. The van der Waals surface area contributed by atoms with Crippen molar-refractivity contribution in [2.45, 2.75) is 38.5 Å². The van der Waals surface area contributed by atoms with Gasteiger partial charge in [0, 0.05) is 30.2 Å². The molecule has 0 aliphatic heterocycles. The number of rotatable bonds is 8. The van der Waals surface area contributed by atoms with Crippen LogP contribution in [0.1, 0.15) is 37.7 Å². The van der Waals surface area contributed by atoms with Gasteiger partial charge in [0.05, 0.1) is 6.20 Å². The first-order valence-electron chi connectivity index (χ1n) is 9.79. The Kier molecular flexibility index (Phi) is 5.62. The molecule has 0 unspecified atom stereocenters. The Morgan fingerprint density at radius 3 is 2.89 bits per heavy atom. The van der Waals surface area contributed by atoms with Gasteiger partial charge in [-0.25, -0.2) is 0 Å². The molecular weight excluding hydrogens is 336 g/mol. The quantitative estimate of drug-likeness (QED) is 0.521. The molecule has 0 bridgehead atoms. The number of hydrogen-bond acceptors (Lipinski definition) is 5. The number of fused-ring (bicyclic) bond motifs is 1. The second-order valence-electron chi connectivity index (χ2n) is 6.99. The second kappa shape index (κ2) is 8.66. The highest BCUT2D eigenvalue weighted by molar-refractivity contribution is 5.83. The lowest BCUT2D eigenvalue weighted by molar-refractivity contribution is 0.679. The van der Waals surface area contributed by atoms with E-state index in [2.05, 4.69) is 61.3 Å². The average Bonchev–Trinajstić information content (AvgIpc) is 3.13. The van der Waals surface area contributed by atoms with Gasteiger partial charge in [0.2, 0.25) is 5.95 Å². The van der Waals surface area contributed by atoms with Crippen molar-refractivity contribution in [3.63, 3.8) is 0 Å². The highest BCUT2D eigenvalue weighted by atomic mass is 15.3. The van der Waals surface area contributed by atoms with E-state index in [1.807, 2.05) is 6.07 Å². The number of aromatic nitrogens is 4.